The summed E-state index contributed by atoms with van der Waals surface area (Å²) in [4.78, 5) is 11.5. The van der Waals surface area contributed by atoms with E-state index in [-0.39, 0.29) is 18.5 Å². The minimum atomic E-state index is -3.28. The molecule has 0 spiro atoms. The van der Waals surface area contributed by atoms with Gasteiger partial charge in [0.25, 0.3) is 0 Å². The molecule has 1 atom stereocenters. The molecule has 0 bridgehead atoms. The van der Waals surface area contributed by atoms with Crippen LogP contribution in [0.4, 0.5) is 0 Å². The quantitative estimate of drug-likeness (QED) is 0.354. The van der Waals surface area contributed by atoms with Crippen LogP contribution in [0.3, 0.4) is 0 Å². The van der Waals surface area contributed by atoms with Gasteiger partial charge in [0, 0.05) is 41.5 Å². The van der Waals surface area contributed by atoms with Crippen molar-refractivity contribution in [3.8, 4) is 0 Å². The molecule has 0 aromatic carbocycles. The molecule has 6 nitrogen and oxygen atoms in total. The molecular weight excluding hydrogens is 295 g/mol. The van der Waals surface area contributed by atoms with Gasteiger partial charge in [0.05, 0.1) is 6.16 Å². The van der Waals surface area contributed by atoms with Crippen molar-refractivity contribution < 1.29 is 17.3 Å². The molecule has 1 unspecified atom stereocenters. The average Bonchev–Trinajstić information content (AvgIpc) is 2.34. The Kier molecular flexibility index (Phi) is 10.0. The molecule has 0 saturated heterocycles. The molecule has 18 heavy (non-hydrogen) atoms. The lowest BCUT2D eigenvalue weighted by Gasteiger charge is -2.18. The fraction of sp³-hybridized carbons (Fsp3) is 0.889. The van der Waals surface area contributed by atoms with E-state index in [1.54, 1.807) is 6.92 Å². The zero-order valence-corrected chi connectivity index (χ0v) is 13.3. The van der Waals surface area contributed by atoms with Crippen LogP contribution in [0.15, 0.2) is 5.11 Å². The maximum atomic E-state index is 12.3. The summed E-state index contributed by atoms with van der Waals surface area (Å²) in [6.07, 6.45) is 0.0152. The van der Waals surface area contributed by atoms with Gasteiger partial charge in [-0.2, -0.15) is 5.11 Å². The van der Waals surface area contributed by atoms with Gasteiger partial charge in [0.15, 0.2) is 5.78 Å². The molecular formula is C9H19N2O4PS2. The number of Topliss-reactive ketones (excluding diaryl/α,β-unsaturated/α-hetero) is 1. The smallest absolute Gasteiger partial charge is 0.297 e. The van der Waals surface area contributed by atoms with Gasteiger partial charge in [-0.3, -0.25) is 9.36 Å². The Bertz CT molecular complexity index is 305. The average molecular weight is 314 g/mol. The van der Waals surface area contributed by atoms with E-state index in [0.717, 1.165) is 24.1 Å². The molecule has 0 aromatic heterocycles. The lowest BCUT2D eigenvalue weighted by molar-refractivity contribution is -0.120. The summed E-state index contributed by atoms with van der Waals surface area (Å²) >= 11 is 2.12. The number of rotatable bonds is 11. The summed E-state index contributed by atoms with van der Waals surface area (Å²) in [5.41, 5.74) is 6.64. The first-order chi connectivity index (χ1) is 8.49. The minimum absolute atomic E-state index is 0.0152. The highest BCUT2D eigenvalue weighted by Gasteiger charge is 2.31. The fourth-order valence-electron chi connectivity index (χ4n) is 1.01. The number of ketones is 1. The van der Waals surface area contributed by atoms with Gasteiger partial charge in [-0.1, -0.05) is 20.8 Å². The Morgan fingerprint density at radius 3 is 2.22 bits per heavy atom. The Morgan fingerprint density at radius 2 is 1.83 bits per heavy atom. The fourth-order valence-corrected chi connectivity index (χ4v) is 4.82. The summed E-state index contributed by atoms with van der Waals surface area (Å²) in [6, 6.07) is 0. The summed E-state index contributed by atoms with van der Waals surface area (Å²) in [7, 11) is -3.28. The first-order valence-corrected chi connectivity index (χ1v) is 9.11. The van der Waals surface area contributed by atoms with Gasteiger partial charge in [-0.15, -0.1) is 0 Å². The van der Waals surface area contributed by atoms with E-state index in [9.17, 15) is 9.36 Å². The second-order valence-electron chi connectivity index (χ2n) is 3.44. The van der Waals surface area contributed by atoms with Crippen molar-refractivity contribution in [2.75, 3.05) is 24.2 Å². The third-order valence-electron chi connectivity index (χ3n) is 1.85. The molecule has 0 aliphatic carbocycles. The van der Waals surface area contributed by atoms with Gasteiger partial charge < -0.3 is 0 Å². The molecule has 0 aliphatic heterocycles. The Balaban J connectivity index is 4.51. The van der Waals surface area contributed by atoms with Crippen LogP contribution in [0.2, 0.25) is 0 Å². The first-order valence-electron chi connectivity index (χ1n) is 5.56. The van der Waals surface area contributed by atoms with Crippen LogP contribution in [0.5, 0.6) is 0 Å². The van der Waals surface area contributed by atoms with Crippen LogP contribution in [0, 0.1) is 11.4 Å². The van der Waals surface area contributed by atoms with Crippen molar-refractivity contribution in [1.82, 2.24) is 0 Å². The number of nitrogens with zero attached hydrogens (tertiary/aromatic N) is 1. The molecule has 106 valence electrons. The molecule has 0 aromatic rings. The minimum Gasteiger partial charge on any atom is -0.297 e. The lowest BCUT2D eigenvalue weighted by atomic mass is 10.1. The van der Waals surface area contributed by atoms with Gasteiger partial charge in [-0.05, 0) is 0 Å². The third kappa shape index (κ3) is 7.53. The summed E-state index contributed by atoms with van der Waals surface area (Å²) in [6.45, 7) is 5.19. The van der Waals surface area contributed by atoms with Crippen LogP contribution in [0.1, 0.15) is 20.8 Å². The van der Waals surface area contributed by atoms with E-state index in [2.05, 4.69) is 5.11 Å². The highest BCUT2D eigenvalue weighted by atomic mass is 32.2. The van der Waals surface area contributed by atoms with E-state index in [1.165, 1.54) is 0 Å². The lowest BCUT2D eigenvalue weighted by Crippen LogP contribution is -2.18. The number of hydrogen-bond acceptors (Lipinski definition) is 8. The molecule has 0 heterocycles. The molecule has 0 aliphatic rings. The highest BCUT2D eigenvalue weighted by molar-refractivity contribution is 8.01. The number of carbonyl (C=O) groups excluding carboxylic acids is 1. The predicted octanol–water partition coefficient (Wildman–Crippen LogP) is 3.79. The topological polar surface area (TPSA) is 88.8 Å². The van der Waals surface area contributed by atoms with E-state index < -0.39 is 13.5 Å². The van der Waals surface area contributed by atoms with Crippen molar-refractivity contribution in [3.63, 3.8) is 0 Å². The maximum absolute atomic E-state index is 12.3. The molecule has 1 N–H and O–H groups in total. The zero-order valence-electron chi connectivity index (χ0n) is 10.7. The number of carbonyl (C=O) groups is 1. The standard InChI is InChI=1S/C9H19N2O4PS2/c1-4-17-14-16(13,15-18-5-2)7-8(3)9(12)6-11-10/h8,10H,4-7H2,1-3H3. The number of nitrogens with one attached hydrogen (secondary N) is 1. The van der Waals surface area contributed by atoms with Crippen LogP contribution in [0.25, 0.3) is 0 Å². The van der Waals surface area contributed by atoms with E-state index >= 15 is 0 Å². The van der Waals surface area contributed by atoms with Gasteiger partial charge in [0.2, 0.25) is 0 Å². The van der Waals surface area contributed by atoms with E-state index in [1.807, 2.05) is 13.8 Å². The van der Waals surface area contributed by atoms with E-state index in [4.69, 9.17) is 13.5 Å². The third-order valence-corrected chi connectivity index (χ3v) is 5.98. The normalized spacial score (nSPS) is 13.3. The molecule has 0 amide bonds. The van der Waals surface area contributed by atoms with Gasteiger partial charge >= 0.3 is 7.60 Å². The van der Waals surface area contributed by atoms with Crippen molar-refractivity contribution in [2.24, 2.45) is 11.0 Å². The van der Waals surface area contributed by atoms with Crippen LogP contribution in [-0.4, -0.2) is 30.0 Å². The van der Waals surface area contributed by atoms with Crippen molar-refractivity contribution in [3.05, 3.63) is 0 Å². The molecule has 0 fully saturated rings. The second kappa shape index (κ2) is 9.97. The van der Waals surface area contributed by atoms with Crippen LogP contribution in [-0.2, 0) is 17.3 Å². The Morgan fingerprint density at radius 1 is 1.33 bits per heavy atom. The van der Waals surface area contributed by atoms with Crippen molar-refractivity contribution in [1.29, 1.82) is 5.53 Å². The maximum Gasteiger partial charge on any atom is 0.353 e. The Labute approximate surface area is 116 Å². The van der Waals surface area contributed by atoms with Crippen molar-refractivity contribution >= 4 is 37.5 Å². The zero-order chi connectivity index (χ0) is 14.0. The van der Waals surface area contributed by atoms with Crippen LogP contribution >= 0.6 is 31.7 Å². The van der Waals surface area contributed by atoms with Crippen molar-refractivity contribution in [2.45, 2.75) is 20.8 Å². The highest BCUT2D eigenvalue weighted by Crippen LogP contribution is 2.55. The monoisotopic (exact) mass is 314 g/mol. The molecule has 0 radical (unpaired) electrons. The molecule has 9 heteroatoms. The van der Waals surface area contributed by atoms with Gasteiger partial charge in [0.1, 0.15) is 6.54 Å². The SMILES string of the molecule is CCSOP(=O)(CC(C)C(=O)CN=N)OSCC. The predicted molar refractivity (Wildman–Crippen MR) is 75.1 cm³/mol. The summed E-state index contributed by atoms with van der Waals surface area (Å²) in [5.74, 6) is 0.559. The summed E-state index contributed by atoms with van der Waals surface area (Å²) in [5, 5.41) is 3.03. The van der Waals surface area contributed by atoms with Gasteiger partial charge in [-0.25, -0.2) is 13.5 Å². The summed E-state index contributed by atoms with van der Waals surface area (Å²) < 4.78 is 22.7. The van der Waals surface area contributed by atoms with E-state index in [0.29, 0.717) is 11.5 Å². The first kappa shape index (κ1) is 18.1. The second-order valence-corrected chi connectivity index (χ2v) is 7.84. The van der Waals surface area contributed by atoms with Crippen LogP contribution < -0.4 is 0 Å². The largest absolute Gasteiger partial charge is 0.353 e. The molecule has 0 saturated carbocycles. The Hall–Kier alpha value is 0.120. The molecule has 0 rings (SSSR count). The number of hydrogen-bond donors (Lipinski definition) is 1.